The zero-order valence-electron chi connectivity index (χ0n) is 17.0. The Morgan fingerprint density at radius 1 is 1.23 bits per heavy atom. The first-order valence-electron chi connectivity index (χ1n) is 9.07. The lowest BCUT2D eigenvalue weighted by molar-refractivity contribution is -0.116. The molecule has 2 aromatic heterocycles. The van der Waals surface area contributed by atoms with E-state index in [9.17, 15) is 14.4 Å². The molecule has 3 rings (SSSR count). The monoisotopic (exact) mass is 431 g/mol. The Balaban J connectivity index is 1.86. The number of carbonyl (C=O) groups excluding carboxylic acids is 2. The van der Waals surface area contributed by atoms with Gasteiger partial charge in [-0.1, -0.05) is 0 Å². The number of fused-ring (bicyclic) bond motifs is 1. The van der Waals surface area contributed by atoms with Crippen molar-refractivity contribution in [1.82, 2.24) is 9.55 Å². The highest BCUT2D eigenvalue weighted by Gasteiger charge is 2.21. The minimum absolute atomic E-state index is 0.235. The molecule has 0 aliphatic rings. The predicted octanol–water partition coefficient (Wildman–Crippen LogP) is 2.60. The summed E-state index contributed by atoms with van der Waals surface area (Å²) in [5.74, 6) is 0.0888. The van der Waals surface area contributed by atoms with E-state index in [2.05, 4.69) is 10.3 Å². The zero-order chi connectivity index (χ0) is 21.8. The molecule has 10 heteroatoms. The molecule has 9 nitrogen and oxygen atoms in total. The largest absolute Gasteiger partial charge is 0.497 e. The molecule has 2 heterocycles. The summed E-state index contributed by atoms with van der Waals surface area (Å²) < 4.78 is 16.6. The van der Waals surface area contributed by atoms with Crippen LogP contribution in [0.25, 0.3) is 10.2 Å². The molecular formula is C20H21N3O6S. The first-order chi connectivity index (χ1) is 14.4. The number of methoxy groups -OCH3 is 2. The molecule has 0 unspecified atom stereocenters. The van der Waals surface area contributed by atoms with Crippen LogP contribution in [0, 0.1) is 6.92 Å². The first-order valence-corrected chi connectivity index (χ1v) is 9.88. The van der Waals surface area contributed by atoms with Gasteiger partial charge in [0.25, 0.3) is 5.56 Å². The molecule has 1 amide bonds. The van der Waals surface area contributed by atoms with Crippen LogP contribution in [0.4, 0.5) is 5.69 Å². The number of benzene rings is 1. The summed E-state index contributed by atoms with van der Waals surface area (Å²) in [7, 11) is 3.01. The molecular weight excluding hydrogens is 410 g/mol. The van der Waals surface area contributed by atoms with Gasteiger partial charge in [-0.15, -0.1) is 11.3 Å². The summed E-state index contributed by atoms with van der Waals surface area (Å²) in [6.45, 7) is 3.36. The molecule has 0 radical (unpaired) electrons. The Labute approximate surface area is 176 Å². The lowest BCUT2D eigenvalue weighted by Crippen LogP contribution is -2.28. The SMILES string of the molecule is CCOC(=O)c1sc2ncn(CC(=O)Nc3ccc(OC)cc3OC)c(=O)c2c1C. The molecule has 0 spiro atoms. The van der Waals surface area contributed by atoms with Crippen LogP contribution in [0.5, 0.6) is 11.5 Å². The van der Waals surface area contributed by atoms with Crippen LogP contribution in [-0.4, -0.2) is 42.3 Å². The fourth-order valence-corrected chi connectivity index (χ4v) is 3.94. The van der Waals surface area contributed by atoms with E-state index >= 15 is 0 Å². The lowest BCUT2D eigenvalue weighted by atomic mass is 10.2. The predicted molar refractivity (Wildman–Crippen MR) is 113 cm³/mol. The number of ether oxygens (including phenoxy) is 3. The minimum atomic E-state index is -0.492. The quantitative estimate of drug-likeness (QED) is 0.573. The van der Waals surface area contributed by atoms with Gasteiger partial charge < -0.3 is 19.5 Å². The van der Waals surface area contributed by atoms with Crippen molar-refractivity contribution in [2.45, 2.75) is 20.4 Å². The Hall–Kier alpha value is -3.40. The maximum atomic E-state index is 12.9. The number of aromatic nitrogens is 2. The summed E-state index contributed by atoms with van der Waals surface area (Å²) in [5.41, 5.74) is 0.542. The number of hydrogen-bond acceptors (Lipinski definition) is 8. The standard InChI is InChI=1S/C20H21N3O6S/c1-5-29-20(26)17-11(2)16-18(30-17)21-10-23(19(16)25)9-15(24)22-13-7-6-12(27-3)8-14(13)28-4/h6-8,10H,5,9H2,1-4H3,(H,22,24). The van der Waals surface area contributed by atoms with E-state index in [0.29, 0.717) is 37.8 Å². The van der Waals surface area contributed by atoms with E-state index in [4.69, 9.17) is 14.2 Å². The normalized spacial score (nSPS) is 10.7. The van der Waals surface area contributed by atoms with Gasteiger partial charge in [-0.25, -0.2) is 9.78 Å². The molecule has 3 aromatic rings. The highest BCUT2D eigenvalue weighted by molar-refractivity contribution is 7.20. The van der Waals surface area contributed by atoms with Crippen molar-refractivity contribution in [3.63, 3.8) is 0 Å². The van der Waals surface area contributed by atoms with Crippen molar-refractivity contribution < 1.29 is 23.8 Å². The number of amides is 1. The van der Waals surface area contributed by atoms with Crippen LogP contribution >= 0.6 is 11.3 Å². The van der Waals surface area contributed by atoms with Crippen LogP contribution < -0.4 is 20.3 Å². The topological polar surface area (TPSA) is 109 Å². The molecule has 0 saturated carbocycles. The summed E-state index contributed by atoms with van der Waals surface area (Å²) in [5, 5.41) is 3.02. The van der Waals surface area contributed by atoms with E-state index in [1.807, 2.05) is 0 Å². The summed E-state index contributed by atoms with van der Waals surface area (Å²) in [6.07, 6.45) is 1.29. The van der Waals surface area contributed by atoms with Crippen molar-refractivity contribution in [3.8, 4) is 11.5 Å². The van der Waals surface area contributed by atoms with Crippen LogP contribution in [0.1, 0.15) is 22.2 Å². The molecule has 0 bridgehead atoms. The van der Waals surface area contributed by atoms with E-state index in [0.717, 1.165) is 11.3 Å². The Bertz CT molecular complexity index is 1170. The average molecular weight is 431 g/mol. The molecule has 30 heavy (non-hydrogen) atoms. The molecule has 0 fully saturated rings. The van der Waals surface area contributed by atoms with Crippen LogP contribution in [-0.2, 0) is 16.1 Å². The molecule has 1 aromatic carbocycles. The highest BCUT2D eigenvalue weighted by atomic mass is 32.1. The van der Waals surface area contributed by atoms with Gasteiger partial charge in [0.1, 0.15) is 27.8 Å². The lowest BCUT2D eigenvalue weighted by Gasteiger charge is -2.12. The number of nitrogens with zero attached hydrogens (tertiary/aromatic N) is 2. The van der Waals surface area contributed by atoms with E-state index in [1.54, 1.807) is 32.0 Å². The van der Waals surface area contributed by atoms with Crippen LogP contribution in [0.15, 0.2) is 29.3 Å². The van der Waals surface area contributed by atoms with Gasteiger partial charge in [0.2, 0.25) is 5.91 Å². The zero-order valence-corrected chi connectivity index (χ0v) is 17.8. The van der Waals surface area contributed by atoms with Crippen molar-refractivity contribution in [2.75, 3.05) is 26.1 Å². The number of rotatable bonds is 7. The van der Waals surface area contributed by atoms with Gasteiger partial charge in [0.15, 0.2) is 0 Å². The summed E-state index contributed by atoms with van der Waals surface area (Å²) in [6, 6.07) is 4.97. The van der Waals surface area contributed by atoms with Gasteiger partial charge in [-0.05, 0) is 31.5 Å². The Kier molecular flexibility index (Phi) is 6.36. The van der Waals surface area contributed by atoms with Crippen molar-refractivity contribution >= 4 is 39.1 Å². The number of carbonyl (C=O) groups is 2. The summed E-state index contributed by atoms with van der Waals surface area (Å²) >= 11 is 1.10. The third kappa shape index (κ3) is 4.13. The van der Waals surface area contributed by atoms with Crippen LogP contribution in [0.2, 0.25) is 0 Å². The van der Waals surface area contributed by atoms with Crippen molar-refractivity contribution in [3.05, 3.63) is 45.3 Å². The molecule has 0 saturated heterocycles. The average Bonchev–Trinajstić information content (AvgIpc) is 3.07. The number of hydrogen-bond donors (Lipinski definition) is 1. The van der Waals surface area contributed by atoms with Gasteiger partial charge in [-0.2, -0.15) is 0 Å². The van der Waals surface area contributed by atoms with Crippen molar-refractivity contribution in [1.29, 1.82) is 0 Å². The maximum absolute atomic E-state index is 12.9. The fourth-order valence-electron chi connectivity index (χ4n) is 2.91. The summed E-state index contributed by atoms with van der Waals surface area (Å²) in [4.78, 5) is 42.5. The number of thiophene rings is 1. The van der Waals surface area contributed by atoms with Crippen LogP contribution in [0.3, 0.4) is 0 Å². The highest BCUT2D eigenvalue weighted by Crippen LogP contribution is 2.29. The second-order valence-electron chi connectivity index (χ2n) is 6.25. The Morgan fingerprint density at radius 2 is 2.00 bits per heavy atom. The first kappa shape index (κ1) is 21.3. The third-order valence-electron chi connectivity index (χ3n) is 4.37. The number of anilines is 1. The second kappa shape index (κ2) is 8.95. The maximum Gasteiger partial charge on any atom is 0.348 e. The van der Waals surface area contributed by atoms with E-state index in [1.165, 1.54) is 25.1 Å². The molecule has 158 valence electrons. The van der Waals surface area contributed by atoms with Gasteiger partial charge >= 0.3 is 5.97 Å². The molecule has 0 atom stereocenters. The number of aryl methyl sites for hydroxylation is 1. The molecule has 1 N–H and O–H groups in total. The van der Waals surface area contributed by atoms with E-state index in [-0.39, 0.29) is 13.2 Å². The van der Waals surface area contributed by atoms with Crippen molar-refractivity contribution in [2.24, 2.45) is 0 Å². The van der Waals surface area contributed by atoms with E-state index < -0.39 is 17.4 Å². The smallest absolute Gasteiger partial charge is 0.348 e. The minimum Gasteiger partial charge on any atom is -0.497 e. The molecule has 0 aliphatic carbocycles. The Morgan fingerprint density at radius 3 is 2.67 bits per heavy atom. The molecule has 0 aliphatic heterocycles. The fraction of sp³-hybridized carbons (Fsp3) is 0.300. The number of esters is 1. The van der Waals surface area contributed by atoms with Gasteiger partial charge in [-0.3, -0.25) is 14.2 Å². The van der Waals surface area contributed by atoms with Gasteiger partial charge in [0, 0.05) is 6.07 Å². The van der Waals surface area contributed by atoms with Gasteiger partial charge in [0.05, 0.1) is 38.2 Å². The third-order valence-corrected chi connectivity index (χ3v) is 5.55. The second-order valence-corrected chi connectivity index (χ2v) is 7.25. The number of nitrogens with one attached hydrogen (secondary N) is 1.